The molecule has 0 atom stereocenters. The molecule has 2 nitrogen and oxygen atoms in total. The highest BCUT2D eigenvalue weighted by molar-refractivity contribution is 5.38. The van der Waals surface area contributed by atoms with Crippen LogP contribution in [0.25, 0.3) is 0 Å². The molecule has 0 N–H and O–H groups in total. The summed E-state index contributed by atoms with van der Waals surface area (Å²) in [5, 5.41) is 0. The van der Waals surface area contributed by atoms with E-state index in [4.69, 9.17) is 9.47 Å². The number of benzene rings is 1. The third kappa shape index (κ3) is 9.50. The minimum atomic E-state index is 0.855. The van der Waals surface area contributed by atoms with E-state index in [9.17, 15) is 0 Å². The summed E-state index contributed by atoms with van der Waals surface area (Å²) in [6.45, 7) is 8.80. The molecule has 0 aliphatic heterocycles. The Labute approximate surface area is 160 Å². The molecule has 0 aliphatic rings. The number of ether oxygens (including phenoxy) is 2. The lowest BCUT2D eigenvalue weighted by molar-refractivity contribution is 0.393. The van der Waals surface area contributed by atoms with Gasteiger partial charge in [0.05, 0.1) is 14.2 Å². The van der Waals surface area contributed by atoms with Crippen LogP contribution in [0.1, 0.15) is 65.4 Å². The second-order valence-electron chi connectivity index (χ2n) is 7.22. The predicted octanol–water partition coefficient (Wildman–Crippen LogP) is 7.06. The van der Waals surface area contributed by atoms with Crippen LogP contribution in [0.3, 0.4) is 0 Å². The SMILES string of the molecule is COc1cc(CC/C=C(\C)CC/C=C(\C)CCC=C(C)C)cc(OC)c1. The molecule has 0 aromatic heterocycles. The van der Waals surface area contributed by atoms with Crippen molar-refractivity contribution in [3.8, 4) is 11.5 Å². The van der Waals surface area contributed by atoms with Crippen molar-refractivity contribution in [1.29, 1.82) is 0 Å². The summed E-state index contributed by atoms with van der Waals surface area (Å²) in [6, 6.07) is 6.09. The van der Waals surface area contributed by atoms with Gasteiger partial charge in [-0.15, -0.1) is 0 Å². The molecule has 0 radical (unpaired) electrons. The van der Waals surface area contributed by atoms with E-state index < -0.39 is 0 Å². The van der Waals surface area contributed by atoms with Gasteiger partial charge in [0.1, 0.15) is 11.5 Å². The Morgan fingerprint density at radius 2 is 1.23 bits per heavy atom. The number of methoxy groups -OCH3 is 2. The maximum Gasteiger partial charge on any atom is 0.122 e. The highest BCUT2D eigenvalue weighted by Gasteiger charge is 2.01. The lowest BCUT2D eigenvalue weighted by atomic mass is 10.0. The van der Waals surface area contributed by atoms with Gasteiger partial charge in [-0.1, -0.05) is 34.9 Å². The minimum absolute atomic E-state index is 0.855. The first kappa shape index (κ1) is 22.1. The molecule has 1 rings (SSSR count). The van der Waals surface area contributed by atoms with Crippen molar-refractivity contribution in [1.82, 2.24) is 0 Å². The summed E-state index contributed by atoms with van der Waals surface area (Å²) >= 11 is 0. The summed E-state index contributed by atoms with van der Waals surface area (Å²) in [5.74, 6) is 1.71. The molecule has 2 heteroatoms. The van der Waals surface area contributed by atoms with E-state index >= 15 is 0 Å². The Hall–Kier alpha value is -1.96. The van der Waals surface area contributed by atoms with Crippen LogP contribution < -0.4 is 9.47 Å². The smallest absolute Gasteiger partial charge is 0.122 e. The van der Waals surface area contributed by atoms with Crippen LogP contribution in [0.5, 0.6) is 11.5 Å². The van der Waals surface area contributed by atoms with Gasteiger partial charge in [-0.2, -0.15) is 0 Å². The fourth-order valence-electron chi connectivity index (χ4n) is 2.83. The van der Waals surface area contributed by atoms with Crippen molar-refractivity contribution in [2.24, 2.45) is 0 Å². The first-order valence-corrected chi connectivity index (χ1v) is 9.61. The summed E-state index contributed by atoms with van der Waals surface area (Å²) < 4.78 is 10.7. The van der Waals surface area contributed by atoms with E-state index in [0.29, 0.717) is 0 Å². The largest absolute Gasteiger partial charge is 0.497 e. The van der Waals surface area contributed by atoms with E-state index in [0.717, 1.165) is 43.6 Å². The van der Waals surface area contributed by atoms with Gasteiger partial charge in [-0.3, -0.25) is 0 Å². The molecule has 0 saturated carbocycles. The Morgan fingerprint density at radius 3 is 1.73 bits per heavy atom. The average Bonchev–Trinajstić information content (AvgIpc) is 2.61. The van der Waals surface area contributed by atoms with Gasteiger partial charge >= 0.3 is 0 Å². The van der Waals surface area contributed by atoms with Crippen molar-refractivity contribution in [2.45, 2.75) is 66.2 Å². The number of hydrogen-bond donors (Lipinski definition) is 0. The van der Waals surface area contributed by atoms with Crippen LogP contribution in [0.2, 0.25) is 0 Å². The lowest BCUT2D eigenvalue weighted by Crippen LogP contribution is -1.91. The van der Waals surface area contributed by atoms with E-state index in [-0.39, 0.29) is 0 Å². The molecule has 0 aliphatic carbocycles. The van der Waals surface area contributed by atoms with Crippen LogP contribution in [0.15, 0.2) is 53.1 Å². The van der Waals surface area contributed by atoms with Gasteiger partial charge in [0.2, 0.25) is 0 Å². The van der Waals surface area contributed by atoms with Crippen molar-refractivity contribution in [2.75, 3.05) is 14.2 Å². The molecule has 26 heavy (non-hydrogen) atoms. The Morgan fingerprint density at radius 1 is 0.731 bits per heavy atom. The minimum Gasteiger partial charge on any atom is -0.497 e. The highest BCUT2D eigenvalue weighted by Crippen LogP contribution is 2.23. The molecule has 0 unspecified atom stereocenters. The quantitative estimate of drug-likeness (QED) is 0.395. The predicted molar refractivity (Wildman–Crippen MR) is 113 cm³/mol. The molecule has 0 bridgehead atoms. The summed E-state index contributed by atoms with van der Waals surface area (Å²) in [6.07, 6.45) is 13.7. The van der Waals surface area contributed by atoms with Crippen LogP contribution >= 0.6 is 0 Å². The normalized spacial score (nSPS) is 12.1. The van der Waals surface area contributed by atoms with Gasteiger partial charge in [0, 0.05) is 6.07 Å². The summed E-state index contributed by atoms with van der Waals surface area (Å²) in [4.78, 5) is 0. The highest BCUT2D eigenvalue weighted by atomic mass is 16.5. The zero-order valence-electron chi connectivity index (χ0n) is 17.5. The van der Waals surface area contributed by atoms with Gasteiger partial charge in [-0.05, 0) is 83.9 Å². The maximum absolute atomic E-state index is 5.34. The zero-order valence-corrected chi connectivity index (χ0v) is 17.5. The molecule has 1 aromatic carbocycles. The second-order valence-corrected chi connectivity index (χ2v) is 7.22. The van der Waals surface area contributed by atoms with Gasteiger partial charge in [-0.25, -0.2) is 0 Å². The van der Waals surface area contributed by atoms with Crippen LogP contribution in [0.4, 0.5) is 0 Å². The molecule has 0 amide bonds. The van der Waals surface area contributed by atoms with Crippen LogP contribution in [-0.2, 0) is 6.42 Å². The number of rotatable bonds is 11. The molecule has 144 valence electrons. The van der Waals surface area contributed by atoms with E-state index in [1.165, 1.54) is 28.7 Å². The average molecular weight is 357 g/mol. The third-order valence-electron chi connectivity index (χ3n) is 4.46. The van der Waals surface area contributed by atoms with Crippen molar-refractivity contribution in [3.05, 3.63) is 58.7 Å². The molecule has 0 fully saturated rings. The number of aryl methyl sites for hydroxylation is 1. The fraction of sp³-hybridized carbons (Fsp3) is 0.500. The van der Waals surface area contributed by atoms with E-state index in [1.54, 1.807) is 14.2 Å². The molecular formula is C24H36O2. The summed E-state index contributed by atoms with van der Waals surface area (Å²) in [7, 11) is 3.38. The third-order valence-corrected chi connectivity index (χ3v) is 4.46. The Bertz CT molecular complexity index is 609. The first-order chi connectivity index (χ1) is 12.4. The van der Waals surface area contributed by atoms with Gasteiger partial charge in [0.25, 0.3) is 0 Å². The van der Waals surface area contributed by atoms with Crippen molar-refractivity contribution < 1.29 is 9.47 Å². The molecule has 1 aromatic rings. The zero-order chi connectivity index (χ0) is 19.4. The van der Waals surface area contributed by atoms with Crippen molar-refractivity contribution >= 4 is 0 Å². The van der Waals surface area contributed by atoms with E-state index in [1.807, 2.05) is 6.07 Å². The van der Waals surface area contributed by atoms with Crippen LogP contribution in [0, 0.1) is 0 Å². The van der Waals surface area contributed by atoms with Crippen molar-refractivity contribution in [3.63, 3.8) is 0 Å². The number of hydrogen-bond acceptors (Lipinski definition) is 2. The van der Waals surface area contributed by atoms with E-state index in [2.05, 4.69) is 58.1 Å². The van der Waals surface area contributed by atoms with Gasteiger partial charge < -0.3 is 9.47 Å². The topological polar surface area (TPSA) is 18.5 Å². The van der Waals surface area contributed by atoms with Crippen LogP contribution in [-0.4, -0.2) is 14.2 Å². The Kier molecular flexibility index (Phi) is 10.5. The molecule has 0 spiro atoms. The van der Waals surface area contributed by atoms with Gasteiger partial charge in [0.15, 0.2) is 0 Å². The lowest BCUT2D eigenvalue weighted by Gasteiger charge is -2.08. The monoisotopic (exact) mass is 356 g/mol. The first-order valence-electron chi connectivity index (χ1n) is 9.61. The molecule has 0 saturated heterocycles. The molecular weight excluding hydrogens is 320 g/mol. The summed E-state index contributed by atoms with van der Waals surface area (Å²) in [5.41, 5.74) is 5.62. The second kappa shape index (κ2) is 12.4. The molecule has 0 heterocycles. The Balaban J connectivity index is 2.41. The maximum atomic E-state index is 5.34. The standard InChI is InChI=1S/C24H36O2/c1-19(2)10-7-11-20(3)12-8-13-21(4)14-9-15-22-16-23(25-5)18-24(17-22)26-6/h10,12,14,16-18H,7-9,11,13,15H2,1-6H3/b20-12+,21-14+. The number of allylic oxidation sites excluding steroid dienone is 6. The fourth-order valence-corrected chi connectivity index (χ4v) is 2.83.